The monoisotopic (exact) mass is 481 g/mol. The van der Waals surface area contributed by atoms with Gasteiger partial charge in [0.25, 0.3) is 0 Å². The van der Waals surface area contributed by atoms with Crippen molar-refractivity contribution >= 4 is 39.9 Å². The maximum atomic E-state index is 15.3. The third-order valence-electron chi connectivity index (χ3n) is 5.31. The molecule has 0 aliphatic carbocycles. The summed E-state index contributed by atoms with van der Waals surface area (Å²) in [5.41, 5.74) is 8.26. The molecule has 2 aromatic heterocycles. The molecule has 0 saturated heterocycles. The number of halogens is 4. The average Bonchev–Trinajstić information content (AvgIpc) is 3.42. The zero-order valence-corrected chi connectivity index (χ0v) is 18.3. The van der Waals surface area contributed by atoms with Gasteiger partial charge in [-0.15, -0.1) is 0 Å². The Hall–Kier alpha value is -3.68. The number of H-pyrrole nitrogens is 1. The van der Waals surface area contributed by atoms with Crippen LogP contribution in [-0.4, -0.2) is 20.4 Å². The number of fused-ring (bicyclic) bond motifs is 1. The average molecular weight is 482 g/mol. The fourth-order valence-corrected chi connectivity index (χ4v) is 4.15. The van der Waals surface area contributed by atoms with Crippen molar-refractivity contribution in [3.05, 3.63) is 94.2 Å². The predicted molar refractivity (Wildman–Crippen MR) is 127 cm³/mol. The lowest BCUT2D eigenvalue weighted by atomic mass is 10.1. The summed E-state index contributed by atoms with van der Waals surface area (Å²) in [5, 5.41) is 8.90. The third-order valence-corrected chi connectivity index (χ3v) is 5.89. The fraction of sp³-hybridized carbons (Fsp3) is 0. The second-order valence-electron chi connectivity index (χ2n) is 7.36. The number of nitrogens with two attached hydrogens (primary N) is 1. The van der Waals surface area contributed by atoms with E-state index in [0.717, 1.165) is 10.9 Å². The number of nitrogens with zero attached hydrogens (tertiary/aromatic N) is 2. The van der Waals surface area contributed by atoms with Crippen LogP contribution in [0.2, 0.25) is 10.0 Å². The maximum absolute atomic E-state index is 15.3. The van der Waals surface area contributed by atoms with Gasteiger partial charge >= 0.3 is 0 Å². The van der Waals surface area contributed by atoms with Crippen LogP contribution in [0.4, 0.5) is 8.78 Å². The number of aromatic nitrogens is 3. The molecule has 0 radical (unpaired) electrons. The second-order valence-corrected chi connectivity index (χ2v) is 8.18. The van der Waals surface area contributed by atoms with Gasteiger partial charge in [-0.1, -0.05) is 41.4 Å². The first-order valence-corrected chi connectivity index (χ1v) is 10.5. The van der Waals surface area contributed by atoms with Crippen LogP contribution in [0.5, 0.6) is 0 Å². The molecule has 4 N–H and O–H groups in total. The minimum Gasteiger partial charge on any atom is -0.382 e. The van der Waals surface area contributed by atoms with Crippen LogP contribution in [0, 0.1) is 17.0 Å². The molecule has 0 spiro atoms. The van der Waals surface area contributed by atoms with Gasteiger partial charge in [-0.2, -0.15) is 0 Å². The Morgan fingerprint density at radius 3 is 2.52 bits per heavy atom. The number of amidine groups is 1. The Morgan fingerprint density at radius 1 is 0.970 bits per heavy atom. The number of imidazole rings is 1. The predicted octanol–water partition coefficient (Wildman–Crippen LogP) is 6.56. The molecule has 0 saturated carbocycles. The van der Waals surface area contributed by atoms with Crippen LogP contribution in [-0.2, 0) is 0 Å². The normalized spacial score (nSPS) is 11.3. The van der Waals surface area contributed by atoms with E-state index in [1.54, 1.807) is 6.07 Å². The lowest BCUT2D eigenvalue weighted by Crippen LogP contribution is -2.13. The van der Waals surface area contributed by atoms with E-state index in [0.29, 0.717) is 17.0 Å². The SMILES string of the molecule is N=C(N)c1nc(-c2ccc3cc[nH]c3c2)n(-c2cccc(Cl)c2F)c1-c1ccc(F)c(Cl)c1. The van der Waals surface area contributed by atoms with Crippen molar-refractivity contribution < 1.29 is 8.78 Å². The molecule has 0 aliphatic rings. The van der Waals surface area contributed by atoms with Gasteiger partial charge in [0.2, 0.25) is 0 Å². The van der Waals surface area contributed by atoms with Gasteiger partial charge < -0.3 is 10.7 Å². The number of hydrogen-bond donors (Lipinski definition) is 3. The van der Waals surface area contributed by atoms with E-state index < -0.39 is 11.6 Å². The van der Waals surface area contributed by atoms with Gasteiger partial charge in [-0.25, -0.2) is 13.8 Å². The van der Waals surface area contributed by atoms with Gasteiger partial charge in [-0.3, -0.25) is 9.98 Å². The largest absolute Gasteiger partial charge is 0.382 e. The summed E-state index contributed by atoms with van der Waals surface area (Å²) in [7, 11) is 0. The van der Waals surface area contributed by atoms with Gasteiger partial charge in [0.15, 0.2) is 5.82 Å². The van der Waals surface area contributed by atoms with Gasteiger partial charge in [0, 0.05) is 22.8 Å². The molecule has 5 nitrogen and oxygen atoms in total. The van der Waals surface area contributed by atoms with Crippen LogP contribution in [0.3, 0.4) is 0 Å². The first-order valence-electron chi connectivity index (χ1n) is 9.79. The van der Waals surface area contributed by atoms with Crippen LogP contribution in [0.15, 0.2) is 66.9 Å². The Morgan fingerprint density at radius 2 is 1.76 bits per heavy atom. The molecule has 9 heteroatoms. The van der Waals surface area contributed by atoms with Gasteiger partial charge in [0.05, 0.1) is 21.4 Å². The van der Waals surface area contributed by atoms with Crippen LogP contribution in [0.1, 0.15) is 5.69 Å². The fourth-order valence-electron chi connectivity index (χ4n) is 3.80. The number of benzene rings is 3. The smallest absolute Gasteiger partial charge is 0.165 e. The van der Waals surface area contributed by atoms with E-state index in [4.69, 9.17) is 34.3 Å². The molecule has 0 amide bonds. The number of rotatable bonds is 4. The quantitative estimate of drug-likeness (QED) is 0.200. The molecule has 3 aromatic carbocycles. The molecule has 5 rings (SSSR count). The first kappa shape index (κ1) is 21.2. The third kappa shape index (κ3) is 3.55. The number of hydrogen-bond acceptors (Lipinski definition) is 2. The van der Waals surface area contributed by atoms with Crippen molar-refractivity contribution in [1.29, 1.82) is 5.41 Å². The number of nitrogens with one attached hydrogen (secondary N) is 2. The lowest BCUT2D eigenvalue weighted by molar-refractivity contribution is 0.619. The highest BCUT2D eigenvalue weighted by Gasteiger charge is 2.25. The Labute approximate surface area is 196 Å². The second kappa shape index (κ2) is 8.03. The van der Waals surface area contributed by atoms with E-state index in [2.05, 4.69) is 9.97 Å². The summed E-state index contributed by atoms with van der Waals surface area (Å²) in [5.74, 6) is -1.30. The summed E-state index contributed by atoms with van der Waals surface area (Å²) in [6.07, 6.45) is 1.81. The highest BCUT2D eigenvalue weighted by Crippen LogP contribution is 2.37. The molecule has 0 unspecified atom stereocenters. The van der Waals surface area contributed by atoms with Crippen LogP contribution < -0.4 is 5.73 Å². The Kier molecular flexibility index (Phi) is 5.15. The van der Waals surface area contributed by atoms with E-state index in [1.165, 1.54) is 34.9 Å². The minimum atomic E-state index is -0.677. The molecule has 164 valence electrons. The van der Waals surface area contributed by atoms with Crippen molar-refractivity contribution in [1.82, 2.24) is 14.5 Å². The van der Waals surface area contributed by atoms with E-state index in [9.17, 15) is 4.39 Å². The molecule has 0 fully saturated rings. The highest BCUT2D eigenvalue weighted by molar-refractivity contribution is 6.31. The molecule has 33 heavy (non-hydrogen) atoms. The first-order chi connectivity index (χ1) is 15.8. The summed E-state index contributed by atoms with van der Waals surface area (Å²) in [6.45, 7) is 0. The van der Waals surface area contributed by atoms with Crippen LogP contribution in [0.25, 0.3) is 39.2 Å². The Bertz CT molecular complexity index is 1550. The zero-order valence-electron chi connectivity index (χ0n) is 16.8. The summed E-state index contributed by atoms with van der Waals surface area (Å²) >= 11 is 12.1. The number of nitrogen functional groups attached to an aromatic ring is 1. The van der Waals surface area contributed by atoms with E-state index in [-0.39, 0.29) is 33.0 Å². The number of aromatic amines is 1. The van der Waals surface area contributed by atoms with Crippen molar-refractivity contribution in [2.75, 3.05) is 0 Å². The highest BCUT2D eigenvalue weighted by atomic mass is 35.5. The Balaban J connectivity index is 1.90. The molecule has 5 aromatic rings. The summed E-state index contributed by atoms with van der Waals surface area (Å²) in [4.78, 5) is 7.74. The molecule has 0 aliphatic heterocycles. The summed E-state index contributed by atoms with van der Waals surface area (Å²) in [6, 6.07) is 16.2. The van der Waals surface area contributed by atoms with E-state index in [1.807, 2.05) is 30.5 Å². The van der Waals surface area contributed by atoms with Crippen LogP contribution >= 0.6 is 23.2 Å². The maximum Gasteiger partial charge on any atom is 0.165 e. The van der Waals surface area contributed by atoms with Crippen molar-refractivity contribution in [3.8, 4) is 28.3 Å². The van der Waals surface area contributed by atoms with Gasteiger partial charge in [0.1, 0.15) is 23.2 Å². The molecule has 0 atom stereocenters. The standard InChI is InChI=1S/C24H15Cl2F2N5/c25-15-2-1-3-19(20(15)28)33-22(13-6-7-17(27)16(26)10-13)21(23(29)30)32-24(33)14-5-4-12-8-9-31-18(12)11-14/h1-11,31H,(H3,29,30). The van der Waals surface area contributed by atoms with Crippen molar-refractivity contribution in [2.24, 2.45) is 5.73 Å². The van der Waals surface area contributed by atoms with E-state index >= 15 is 4.39 Å². The zero-order chi connectivity index (χ0) is 23.3. The molecule has 2 heterocycles. The molecule has 0 bridgehead atoms. The molecular weight excluding hydrogens is 467 g/mol. The lowest BCUT2D eigenvalue weighted by Gasteiger charge is -2.15. The summed E-state index contributed by atoms with van der Waals surface area (Å²) < 4.78 is 30.7. The molecular formula is C24H15Cl2F2N5. The van der Waals surface area contributed by atoms with Gasteiger partial charge in [-0.05, 0) is 47.9 Å². The minimum absolute atomic E-state index is 0.0839. The van der Waals surface area contributed by atoms with Crippen molar-refractivity contribution in [3.63, 3.8) is 0 Å². The van der Waals surface area contributed by atoms with Crippen molar-refractivity contribution in [2.45, 2.75) is 0 Å². The topological polar surface area (TPSA) is 83.5 Å².